The summed E-state index contributed by atoms with van der Waals surface area (Å²) < 4.78 is 1.08. The van der Waals surface area contributed by atoms with E-state index in [1.807, 2.05) is 38.1 Å². The molecule has 0 aliphatic heterocycles. The van der Waals surface area contributed by atoms with E-state index >= 15 is 0 Å². The lowest BCUT2D eigenvalue weighted by Gasteiger charge is -1.97. The minimum absolute atomic E-state index is 0.738. The van der Waals surface area contributed by atoms with Crippen LogP contribution in [0.4, 0.5) is 11.4 Å². The highest BCUT2D eigenvalue weighted by molar-refractivity contribution is 9.10. The molecule has 0 radical (unpaired) electrons. The third-order valence-electron chi connectivity index (χ3n) is 2.46. The van der Waals surface area contributed by atoms with Crippen molar-refractivity contribution in [1.82, 2.24) is 0 Å². The fourth-order valence-corrected chi connectivity index (χ4v) is 1.98. The Labute approximate surface area is 121 Å². The number of nitrogens with two attached hydrogens (primary N) is 2. The Kier molecular flexibility index (Phi) is 5.51. The van der Waals surface area contributed by atoms with Crippen molar-refractivity contribution in [1.29, 1.82) is 0 Å². The van der Waals surface area contributed by atoms with E-state index in [0.29, 0.717) is 0 Å². The summed E-state index contributed by atoms with van der Waals surface area (Å²) >= 11 is 9.00. The number of benzene rings is 2. The minimum atomic E-state index is 0.738. The molecule has 2 rings (SSSR count). The first-order valence-electron chi connectivity index (χ1n) is 5.43. The lowest BCUT2D eigenvalue weighted by molar-refractivity contribution is 1.45. The average Bonchev–Trinajstić information content (AvgIpc) is 2.30. The van der Waals surface area contributed by atoms with Gasteiger partial charge in [-0.3, -0.25) is 0 Å². The third kappa shape index (κ3) is 4.59. The molecule has 0 fully saturated rings. The van der Waals surface area contributed by atoms with Crippen molar-refractivity contribution >= 4 is 38.9 Å². The Morgan fingerprint density at radius 3 is 1.78 bits per heavy atom. The van der Waals surface area contributed by atoms with Crippen LogP contribution in [-0.2, 0) is 0 Å². The summed E-state index contributed by atoms with van der Waals surface area (Å²) in [5, 5.41) is 0.738. The van der Waals surface area contributed by atoms with E-state index < -0.39 is 0 Å². The topological polar surface area (TPSA) is 52.0 Å². The van der Waals surface area contributed by atoms with E-state index in [9.17, 15) is 0 Å². The van der Waals surface area contributed by atoms with Crippen molar-refractivity contribution < 1.29 is 0 Å². The van der Waals surface area contributed by atoms with E-state index in [1.54, 1.807) is 12.1 Å². The summed E-state index contributed by atoms with van der Waals surface area (Å²) in [7, 11) is 0. The van der Waals surface area contributed by atoms with Crippen LogP contribution in [0.15, 0.2) is 40.9 Å². The number of aryl methyl sites for hydroxylation is 2. The Morgan fingerprint density at radius 2 is 1.39 bits per heavy atom. The van der Waals surface area contributed by atoms with Crippen LogP contribution in [0.1, 0.15) is 11.1 Å². The molecule has 2 nitrogen and oxygen atoms in total. The van der Waals surface area contributed by atoms with Gasteiger partial charge in [-0.2, -0.15) is 0 Å². The van der Waals surface area contributed by atoms with Crippen molar-refractivity contribution in [2.75, 3.05) is 11.5 Å². The van der Waals surface area contributed by atoms with Gasteiger partial charge in [0.25, 0.3) is 0 Å². The van der Waals surface area contributed by atoms with Crippen LogP contribution in [0, 0.1) is 13.8 Å². The van der Waals surface area contributed by atoms with Gasteiger partial charge in [0, 0.05) is 20.9 Å². The van der Waals surface area contributed by atoms with E-state index in [-0.39, 0.29) is 0 Å². The molecular weight excluding hydrogens is 312 g/mol. The molecule has 0 saturated heterocycles. The van der Waals surface area contributed by atoms with Gasteiger partial charge in [0.1, 0.15) is 0 Å². The number of hydrogen-bond acceptors (Lipinski definition) is 2. The standard InChI is InChI=1S/C7H8BrN.C7H8ClN/c2*1-5-4-6(8)2-3-7(5)9/h2*2-4H,9H2,1H3. The highest BCUT2D eigenvalue weighted by Gasteiger charge is 1.91. The molecule has 0 aliphatic carbocycles. The highest BCUT2D eigenvalue weighted by Crippen LogP contribution is 2.16. The van der Waals surface area contributed by atoms with Crippen molar-refractivity contribution in [3.63, 3.8) is 0 Å². The highest BCUT2D eigenvalue weighted by atomic mass is 79.9. The number of rotatable bonds is 0. The fraction of sp³-hybridized carbons (Fsp3) is 0.143. The molecule has 0 aromatic heterocycles. The van der Waals surface area contributed by atoms with Crippen LogP contribution in [0.5, 0.6) is 0 Å². The van der Waals surface area contributed by atoms with E-state index in [2.05, 4.69) is 15.9 Å². The normalized spacial score (nSPS) is 9.56. The maximum absolute atomic E-state index is 5.66. The van der Waals surface area contributed by atoms with Crippen LogP contribution < -0.4 is 11.5 Å². The predicted molar refractivity (Wildman–Crippen MR) is 83.9 cm³/mol. The molecular formula is C14H16BrClN2. The summed E-state index contributed by atoms with van der Waals surface area (Å²) in [5.41, 5.74) is 14.9. The molecule has 0 spiro atoms. The van der Waals surface area contributed by atoms with Crippen molar-refractivity contribution in [2.24, 2.45) is 0 Å². The van der Waals surface area contributed by atoms with Crippen molar-refractivity contribution in [3.05, 3.63) is 57.0 Å². The first-order valence-corrected chi connectivity index (χ1v) is 6.60. The Morgan fingerprint density at radius 1 is 0.889 bits per heavy atom. The quantitative estimate of drug-likeness (QED) is 0.696. The first-order chi connectivity index (χ1) is 8.40. The summed E-state index contributed by atoms with van der Waals surface area (Å²) in [6.07, 6.45) is 0. The zero-order valence-electron chi connectivity index (χ0n) is 10.4. The van der Waals surface area contributed by atoms with Crippen LogP contribution >= 0.6 is 27.5 Å². The van der Waals surface area contributed by atoms with Crippen LogP contribution in [0.3, 0.4) is 0 Å². The number of nitrogen functional groups attached to an aromatic ring is 2. The molecule has 0 unspecified atom stereocenters. The maximum atomic E-state index is 5.66. The minimum Gasteiger partial charge on any atom is -0.399 e. The zero-order valence-corrected chi connectivity index (χ0v) is 12.7. The molecule has 2 aromatic rings. The molecule has 0 saturated carbocycles. The molecule has 2 aromatic carbocycles. The molecule has 0 amide bonds. The Balaban J connectivity index is 0.000000180. The van der Waals surface area contributed by atoms with Gasteiger partial charge in [-0.05, 0) is 61.4 Å². The summed E-state index contributed by atoms with van der Waals surface area (Å²) in [4.78, 5) is 0. The third-order valence-corrected chi connectivity index (χ3v) is 3.19. The molecule has 4 N–H and O–H groups in total. The fourth-order valence-electron chi connectivity index (χ4n) is 1.28. The molecule has 0 heterocycles. The summed E-state index contributed by atoms with van der Waals surface area (Å²) in [5.74, 6) is 0. The van der Waals surface area contributed by atoms with Crippen molar-refractivity contribution in [2.45, 2.75) is 13.8 Å². The van der Waals surface area contributed by atoms with Crippen LogP contribution in [0.2, 0.25) is 5.02 Å². The van der Waals surface area contributed by atoms with Gasteiger partial charge >= 0.3 is 0 Å². The van der Waals surface area contributed by atoms with Crippen LogP contribution in [0.25, 0.3) is 0 Å². The van der Waals surface area contributed by atoms with E-state index in [0.717, 1.165) is 32.0 Å². The molecule has 0 bridgehead atoms. The van der Waals surface area contributed by atoms with Crippen molar-refractivity contribution in [3.8, 4) is 0 Å². The smallest absolute Gasteiger partial charge is 0.0410 e. The van der Waals surface area contributed by atoms with Gasteiger partial charge in [0.05, 0.1) is 0 Å². The number of hydrogen-bond donors (Lipinski definition) is 2. The number of halogens is 2. The van der Waals surface area contributed by atoms with Gasteiger partial charge in [0.15, 0.2) is 0 Å². The summed E-state index contributed by atoms with van der Waals surface area (Å²) in [6.45, 7) is 3.92. The Bertz CT molecular complexity index is 492. The lowest BCUT2D eigenvalue weighted by atomic mass is 10.2. The van der Waals surface area contributed by atoms with E-state index in [1.165, 1.54) is 0 Å². The second-order valence-corrected chi connectivity index (χ2v) is 5.35. The molecule has 96 valence electrons. The molecule has 4 heteroatoms. The van der Waals surface area contributed by atoms with Gasteiger partial charge in [-0.15, -0.1) is 0 Å². The SMILES string of the molecule is Cc1cc(Br)ccc1N.Cc1cc(Cl)ccc1N. The number of anilines is 2. The largest absolute Gasteiger partial charge is 0.399 e. The molecule has 0 atom stereocenters. The zero-order chi connectivity index (χ0) is 13.7. The Hall–Kier alpha value is -1.19. The van der Waals surface area contributed by atoms with Gasteiger partial charge in [-0.25, -0.2) is 0 Å². The molecule has 18 heavy (non-hydrogen) atoms. The summed E-state index contributed by atoms with van der Waals surface area (Å²) in [6, 6.07) is 11.2. The lowest BCUT2D eigenvalue weighted by Crippen LogP contribution is -1.87. The van der Waals surface area contributed by atoms with E-state index in [4.69, 9.17) is 23.1 Å². The maximum Gasteiger partial charge on any atom is 0.0410 e. The second-order valence-electron chi connectivity index (χ2n) is 4.00. The predicted octanol–water partition coefficient (Wildman–Crippen LogP) is 4.57. The second kappa shape index (κ2) is 6.66. The average molecular weight is 328 g/mol. The monoisotopic (exact) mass is 326 g/mol. The van der Waals surface area contributed by atoms with Gasteiger partial charge < -0.3 is 11.5 Å². The molecule has 0 aliphatic rings. The first kappa shape index (κ1) is 14.9. The van der Waals surface area contributed by atoms with Gasteiger partial charge in [0.2, 0.25) is 0 Å². The van der Waals surface area contributed by atoms with Crippen LogP contribution in [-0.4, -0.2) is 0 Å². The van der Waals surface area contributed by atoms with Gasteiger partial charge in [-0.1, -0.05) is 27.5 Å².